The van der Waals surface area contributed by atoms with Gasteiger partial charge in [0.2, 0.25) is 0 Å². The first-order valence-electron chi connectivity index (χ1n) is 7.90. The van der Waals surface area contributed by atoms with Gasteiger partial charge in [-0.05, 0) is 43.7 Å². The number of carbonyl (C=O) groups is 1. The molecule has 116 valence electrons. The minimum atomic E-state index is -0.120. The molecule has 0 spiro atoms. The molecule has 1 fully saturated rings. The van der Waals surface area contributed by atoms with E-state index in [-0.39, 0.29) is 11.9 Å². The van der Waals surface area contributed by atoms with Crippen molar-refractivity contribution in [2.24, 2.45) is 11.8 Å². The molecule has 3 unspecified atom stereocenters. The average molecular weight is 290 g/mol. The van der Waals surface area contributed by atoms with E-state index in [1.165, 1.54) is 12.8 Å². The molecule has 4 nitrogen and oxygen atoms in total. The van der Waals surface area contributed by atoms with E-state index in [0.717, 1.165) is 6.42 Å². The van der Waals surface area contributed by atoms with E-state index in [1.807, 2.05) is 13.0 Å². The monoisotopic (exact) mass is 290 g/mol. The van der Waals surface area contributed by atoms with Crippen molar-refractivity contribution in [2.75, 3.05) is 12.3 Å². The van der Waals surface area contributed by atoms with E-state index in [9.17, 15) is 4.79 Å². The molecule has 0 aromatic heterocycles. The predicted molar refractivity (Wildman–Crippen MR) is 85.5 cm³/mol. The number of hydrogen-bond donors (Lipinski definition) is 2. The summed E-state index contributed by atoms with van der Waals surface area (Å²) in [6, 6.07) is 5.57. The first-order chi connectivity index (χ1) is 10.1. The molecule has 1 saturated carbocycles. The highest BCUT2D eigenvalue weighted by atomic mass is 16.5. The quantitative estimate of drug-likeness (QED) is 0.818. The van der Waals surface area contributed by atoms with Crippen molar-refractivity contribution in [2.45, 2.75) is 46.1 Å². The average Bonchev–Trinajstić information content (AvgIpc) is 2.80. The third kappa shape index (κ3) is 3.31. The van der Waals surface area contributed by atoms with Crippen LogP contribution < -0.4 is 15.8 Å². The van der Waals surface area contributed by atoms with Crippen molar-refractivity contribution in [3.05, 3.63) is 23.8 Å². The number of ether oxygens (including phenoxy) is 1. The van der Waals surface area contributed by atoms with Gasteiger partial charge >= 0.3 is 0 Å². The summed E-state index contributed by atoms with van der Waals surface area (Å²) in [5, 5.41) is 3.15. The number of nitrogen functional groups attached to an aromatic ring is 1. The maximum Gasteiger partial charge on any atom is 0.257 e. The standard InChI is InChI=1S/C17H26N2O2/c1-4-12-9-10-14(11(12)3)19-17(20)16-13(18)7-6-8-15(16)21-5-2/h6-8,11-12,14H,4-5,9-10,18H2,1-3H3,(H,19,20). The van der Waals surface area contributed by atoms with Crippen molar-refractivity contribution in [1.29, 1.82) is 0 Å². The minimum Gasteiger partial charge on any atom is -0.493 e. The van der Waals surface area contributed by atoms with Crippen LogP contribution in [0.4, 0.5) is 5.69 Å². The van der Waals surface area contributed by atoms with Crippen LogP contribution in [0.15, 0.2) is 18.2 Å². The fourth-order valence-corrected chi connectivity index (χ4v) is 3.33. The van der Waals surface area contributed by atoms with Gasteiger partial charge < -0.3 is 15.8 Å². The van der Waals surface area contributed by atoms with Crippen LogP contribution in [0.3, 0.4) is 0 Å². The molecular formula is C17H26N2O2. The lowest BCUT2D eigenvalue weighted by Gasteiger charge is -2.22. The van der Waals surface area contributed by atoms with Gasteiger partial charge in [0.15, 0.2) is 0 Å². The Hall–Kier alpha value is -1.71. The van der Waals surface area contributed by atoms with Crippen LogP contribution in [0.5, 0.6) is 5.75 Å². The molecule has 4 heteroatoms. The van der Waals surface area contributed by atoms with E-state index in [4.69, 9.17) is 10.5 Å². The SMILES string of the molecule is CCOc1cccc(N)c1C(=O)NC1CCC(CC)C1C. The molecule has 1 aliphatic rings. The van der Waals surface area contributed by atoms with Crippen molar-refractivity contribution < 1.29 is 9.53 Å². The summed E-state index contributed by atoms with van der Waals surface area (Å²) in [5.74, 6) is 1.66. The van der Waals surface area contributed by atoms with Gasteiger partial charge in [-0.3, -0.25) is 4.79 Å². The largest absolute Gasteiger partial charge is 0.493 e. The van der Waals surface area contributed by atoms with Gasteiger partial charge in [-0.2, -0.15) is 0 Å². The van der Waals surface area contributed by atoms with E-state index >= 15 is 0 Å². The highest BCUT2D eigenvalue weighted by Gasteiger charge is 2.33. The van der Waals surface area contributed by atoms with Crippen LogP contribution in [0.1, 0.15) is 50.4 Å². The fourth-order valence-electron chi connectivity index (χ4n) is 3.33. The second kappa shape index (κ2) is 6.83. The molecule has 21 heavy (non-hydrogen) atoms. The molecule has 1 aliphatic carbocycles. The minimum absolute atomic E-state index is 0.120. The highest BCUT2D eigenvalue weighted by Crippen LogP contribution is 2.34. The Morgan fingerprint density at radius 2 is 2.14 bits per heavy atom. The van der Waals surface area contributed by atoms with Crippen LogP contribution in [0.2, 0.25) is 0 Å². The van der Waals surface area contributed by atoms with Crippen LogP contribution in [0.25, 0.3) is 0 Å². The van der Waals surface area contributed by atoms with Gasteiger partial charge in [0.1, 0.15) is 11.3 Å². The Morgan fingerprint density at radius 3 is 2.76 bits per heavy atom. The van der Waals surface area contributed by atoms with E-state index in [1.54, 1.807) is 12.1 Å². The third-order valence-corrected chi connectivity index (χ3v) is 4.65. The lowest BCUT2D eigenvalue weighted by atomic mass is 9.93. The smallest absolute Gasteiger partial charge is 0.257 e. The van der Waals surface area contributed by atoms with Gasteiger partial charge in [-0.25, -0.2) is 0 Å². The number of carbonyl (C=O) groups excluding carboxylic acids is 1. The Balaban J connectivity index is 2.14. The lowest BCUT2D eigenvalue weighted by Crippen LogP contribution is -2.38. The van der Waals surface area contributed by atoms with Crippen molar-refractivity contribution >= 4 is 11.6 Å². The van der Waals surface area contributed by atoms with Gasteiger partial charge in [0.25, 0.3) is 5.91 Å². The molecule has 0 bridgehead atoms. The zero-order chi connectivity index (χ0) is 15.4. The van der Waals surface area contributed by atoms with Gasteiger partial charge in [0.05, 0.1) is 6.61 Å². The summed E-state index contributed by atoms with van der Waals surface area (Å²) < 4.78 is 5.53. The topological polar surface area (TPSA) is 64.3 Å². The lowest BCUT2D eigenvalue weighted by molar-refractivity contribution is 0.0923. The number of anilines is 1. The zero-order valence-electron chi connectivity index (χ0n) is 13.2. The number of amides is 1. The maximum atomic E-state index is 12.6. The van der Waals surface area contributed by atoms with Crippen molar-refractivity contribution in [3.8, 4) is 5.75 Å². The van der Waals surface area contributed by atoms with E-state index < -0.39 is 0 Å². The Bertz CT molecular complexity index is 502. The first kappa shape index (κ1) is 15.7. The van der Waals surface area contributed by atoms with Gasteiger partial charge in [0, 0.05) is 11.7 Å². The summed E-state index contributed by atoms with van der Waals surface area (Å²) in [7, 11) is 0. The second-order valence-electron chi connectivity index (χ2n) is 5.84. The summed E-state index contributed by atoms with van der Waals surface area (Å²) in [6.07, 6.45) is 3.40. The molecule has 2 rings (SSSR count). The molecule has 0 radical (unpaired) electrons. The molecule has 0 saturated heterocycles. The normalized spacial score (nSPS) is 24.8. The fraction of sp³-hybridized carbons (Fsp3) is 0.588. The molecule has 0 heterocycles. The van der Waals surface area contributed by atoms with Crippen LogP contribution in [-0.2, 0) is 0 Å². The summed E-state index contributed by atoms with van der Waals surface area (Å²) in [6.45, 7) is 6.86. The molecule has 0 aliphatic heterocycles. The number of hydrogen-bond acceptors (Lipinski definition) is 3. The van der Waals surface area contributed by atoms with Crippen LogP contribution >= 0.6 is 0 Å². The maximum absolute atomic E-state index is 12.6. The van der Waals surface area contributed by atoms with Crippen molar-refractivity contribution in [3.63, 3.8) is 0 Å². The highest BCUT2D eigenvalue weighted by molar-refractivity contribution is 6.02. The number of nitrogens with two attached hydrogens (primary N) is 1. The summed E-state index contributed by atoms with van der Waals surface area (Å²) in [5.41, 5.74) is 6.91. The first-order valence-corrected chi connectivity index (χ1v) is 7.90. The van der Waals surface area contributed by atoms with Crippen LogP contribution in [0, 0.1) is 11.8 Å². The molecule has 3 N–H and O–H groups in total. The Kier molecular flexibility index (Phi) is 5.10. The third-order valence-electron chi connectivity index (χ3n) is 4.65. The molecule has 3 atom stereocenters. The molecule has 1 aromatic carbocycles. The predicted octanol–water partition coefficient (Wildman–Crippen LogP) is 3.22. The molecular weight excluding hydrogens is 264 g/mol. The Morgan fingerprint density at radius 1 is 1.38 bits per heavy atom. The molecule has 1 aromatic rings. The Labute approximate surface area is 127 Å². The van der Waals surface area contributed by atoms with Gasteiger partial charge in [-0.15, -0.1) is 0 Å². The molecule has 1 amide bonds. The number of rotatable bonds is 5. The number of nitrogens with one attached hydrogen (secondary N) is 1. The second-order valence-corrected chi connectivity index (χ2v) is 5.84. The van der Waals surface area contributed by atoms with Crippen molar-refractivity contribution in [1.82, 2.24) is 5.32 Å². The summed E-state index contributed by atoms with van der Waals surface area (Å²) >= 11 is 0. The summed E-state index contributed by atoms with van der Waals surface area (Å²) in [4.78, 5) is 12.6. The van der Waals surface area contributed by atoms with E-state index in [2.05, 4.69) is 19.2 Å². The van der Waals surface area contributed by atoms with E-state index in [0.29, 0.717) is 35.4 Å². The number of benzene rings is 1. The van der Waals surface area contributed by atoms with Gasteiger partial charge in [-0.1, -0.05) is 26.3 Å². The van der Waals surface area contributed by atoms with Crippen LogP contribution in [-0.4, -0.2) is 18.6 Å². The zero-order valence-corrected chi connectivity index (χ0v) is 13.2.